The van der Waals surface area contributed by atoms with E-state index in [0.717, 1.165) is 19.3 Å². The van der Waals surface area contributed by atoms with Crippen LogP contribution in [0.25, 0.3) is 0 Å². The molecule has 0 saturated heterocycles. The fourth-order valence-corrected chi connectivity index (χ4v) is 1.71. The van der Waals surface area contributed by atoms with Crippen molar-refractivity contribution < 1.29 is 22.3 Å². The topological polar surface area (TPSA) is 21.3 Å². The molecule has 0 spiro atoms. The molecule has 0 aliphatic rings. The summed E-state index contributed by atoms with van der Waals surface area (Å²) < 4.78 is 53.9. The van der Waals surface area contributed by atoms with E-state index in [0.29, 0.717) is 12.5 Å². The van der Waals surface area contributed by atoms with E-state index in [1.165, 1.54) is 0 Å². The number of ether oxygens (including phenoxy) is 1. The van der Waals surface area contributed by atoms with Crippen molar-refractivity contribution in [2.75, 3.05) is 19.8 Å². The Balaban J connectivity index is 3.94. The first kappa shape index (κ1) is 18.6. The van der Waals surface area contributed by atoms with Crippen molar-refractivity contribution in [2.45, 2.75) is 58.4 Å². The minimum Gasteiger partial charge on any atom is -0.373 e. The van der Waals surface area contributed by atoms with Gasteiger partial charge in [-0.2, -0.15) is 8.78 Å². The van der Waals surface area contributed by atoms with Gasteiger partial charge in [-0.05, 0) is 18.9 Å². The van der Waals surface area contributed by atoms with Crippen LogP contribution in [0.4, 0.5) is 17.6 Å². The van der Waals surface area contributed by atoms with Gasteiger partial charge in [0, 0.05) is 6.04 Å². The Bertz CT molecular complexity index is 225. The quantitative estimate of drug-likeness (QED) is 0.585. The maximum atomic E-state index is 12.6. The lowest BCUT2D eigenvalue weighted by molar-refractivity contribution is -0.167. The summed E-state index contributed by atoms with van der Waals surface area (Å²) >= 11 is 0. The van der Waals surface area contributed by atoms with Gasteiger partial charge in [-0.1, -0.05) is 33.6 Å². The molecular formula is C13H25F4NO. The van der Waals surface area contributed by atoms with Crippen molar-refractivity contribution in [3.63, 3.8) is 0 Å². The average molecular weight is 287 g/mol. The third kappa shape index (κ3) is 9.21. The van der Waals surface area contributed by atoms with E-state index in [-0.39, 0.29) is 12.6 Å². The predicted octanol–water partition coefficient (Wildman–Crippen LogP) is 3.71. The molecule has 0 saturated carbocycles. The molecule has 0 bridgehead atoms. The summed E-state index contributed by atoms with van der Waals surface area (Å²) in [6.45, 7) is 5.64. The molecule has 1 atom stereocenters. The summed E-state index contributed by atoms with van der Waals surface area (Å²) in [6, 6.07) is -0.0581. The molecule has 0 heterocycles. The summed E-state index contributed by atoms with van der Waals surface area (Å²) in [5.41, 5.74) is 0. The third-order valence-corrected chi connectivity index (χ3v) is 2.76. The Morgan fingerprint density at radius 1 is 1.16 bits per heavy atom. The van der Waals surface area contributed by atoms with E-state index < -0.39 is 19.0 Å². The van der Waals surface area contributed by atoms with Crippen molar-refractivity contribution in [3.05, 3.63) is 0 Å². The molecule has 1 unspecified atom stereocenters. The second-order valence-electron chi connectivity index (χ2n) is 5.16. The van der Waals surface area contributed by atoms with Crippen LogP contribution >= 0.6 is 0 Å². The van der Waals surface area contributed by atoms with Gasteiger partial charge in [0.15, 0.2) is 0 Å². The van der Waals surface area contributed by atoms with E-state index >= 15 is 0 Å². The SMILES string of the molecule is CCNC(CCCC(C)C)COCC(F)(F)C(F)F. The Hall–Kier alpha value is -0.360. The highest BCUT2D eigenvalue weighted by molar-refractivity contribution is 4.70. The van der Waals surface area contributed by atoms with E-state index in [4.69, 9.17) is 4.74 Å². The summed E-state index contributed by atoms with van der Waals surface area (Å²) in [5, 5.41) is 3.11. The first-order valence-corrected chi connectivity index (χ1v) is 6.76. The number of rotatable bonds is 11. The van der Waals surface area contributed by atoms with Crippen molar-refractivity contribution >= 4 is 0 Å². The third-order valence-electron chi connectivity index (χ3n) is 2.76. The molecule has 0 aromatic rings. The highest BCUT2D eigenvalue weighted by atomic mass is 19.3. The summed E-state index contributed by atoms with van der Waals surface area (Å²) in [5.74, 6) is -3.47. The lowest BCUT2D eigenvalue weighted by atomic mass is 10.0. The van der Waals surface area contributed by atoms with E-state index in [2.05, 4.69) is 19.2 Å². The molecule has 2 nitrogen and oxygen atoms in total. The van der Waals surface area contributed by atoms with Crippen LogP contribution < -0.4 is 5.32 Å². The van der Waals surface area contributed by atoms with Crippen LogP contribution in [0.3, 0.4) is 0 Å². The molecule has 0 aromatic carbocycles. The van der Waals surface area contributed by atoms with Crippen LogP contribution in [0.5, 0.6) is 0 Å². The van der Waals surface area contributed by atoms with Gasteiger partial charge in [0.05, 0.1) is 6.61 Å². The average Bonchev–Trinajstić information content (AvgIpc) is 2.28. The van der Waals surface area contributed by atoms with E-state index in [1.807, 2.05) is 6.92 Å². The minimum atomic E-state index is -4.06. The number of nitrogens with one attached hydrogen (secondary N) is 1. The fourth-order valence-electron chi connectivity index (χ4n) is 1.71. The number of hydrogen-bond acceptors (Lipinski definition) is 2. The van der Waals surface area contributed by atoms with Gasteiger partial charge in [0.1, 0.15) is 6.61 Å². The van der Waals surface area contributed by atoms with Gasteiger partial charge in [-0.15, -0.1) is 0 Å². The lowest BCUT2D eigenvalue weighted by Gasteiger charge is -2.21. The Morgan fingerprint density at radius 2 is 1.79 bits per heavy atom. The highest BCUT2D eigenvalue weighted by Crippen LogP contribution is 2.23. The Labute approximate surface area is 112 Å². The van der Waals surface area contributed by atoms with Gasteiger partial charge in [0.2, 0.25) is 0 Å². The molecule has 0 fully saturated rings. The van der Waals surface area contributed by atoms with Crippen LogP contribution in [0.15, 0.2) is 0 Å². The second kappa shape index (κ2) is 9.53. The summed E-state index contributed by atoms with van der Waals surface area (Å²) in [7, 11) is 0. The molecule has 0 aliphatic heterocycles. The van der Waals surface area contributed by atoms with Crippen molar-refractivity contribution in [1.82, 2.24) is 5.32 Å². The number of halogens is 4. The normalized spacial score (nSPS) is 14.4. The maximum Gasteiger partial charge on any atom is 0.330 e. The van der Waals surface area contributed by atoms with Crippen molar-refractivity contribution in [3.8, 4) is 0 Å². The molecule has 0 aliphatic carbocycles. The molecule has 0 radical (unpaired) electrons. The summed E-state index contributed by atoms with van der Waals surface area (Å²) in [4.78, 5) is 0. The van der Waals surface area contributed by atoms with Gasteiger partial charge in [-0.25, -0.2) is 8.78 Å². The Morgan fingerprint density at radius 3 is 2.26 bits per heavy atom. The van der Waals surface area contributed by atoms with Crippen LogP contribution in [0.2, 0.25) is 0 Å². The first-order valence-electron chi connectivity index (χ1n) is 6.76. The highest BCUT2D eigenvalue weighted by Gasteiger charge is 2.41. The zero-order valence-corrected chi connectivity index (χ0v) is 11.9. The van der Waals surface area contributed by atoms with Crippen molar-refractivity contribution in [2.24, 2.45) is 5.92 Å². The van der Waals surface area contributed by atoms with Gasteiger partial charge >= 0.3 is 12.3 Å². The molecule has 0 aromatic heterocycles. The number of hydrogen-bond donors (Lipinski definition) is 1. The van der Waals surface area contributed by atoms with E-state index in [9.17, 15) is 17.6 Å². The van der Waals surface area contributed by atoms with Crippen molar-refractivity contribution in [1.29, 1.82) is 0 Å². The molecule has 1 N–H and O–H groups in total. The van der Waals surface area contributed by atoms with Gasteiger partial charge in [0.25, 0.3) is 0 Å². The van der Waals surface area contributed by atoms with Gasteiger partial charge in [-0.3, -0.25) is 0 Å². The smallest absolute Gasteiger partial charge is 0.330 e. The zero-order chi connectivity index (χ0) is 14.9. The van der Waals surface area contributed by atoms with Crippen LogP contribution in [0, 0.1) is 5.92 Å². The molecule has 116 valence electrons. The molecule has 19 heavy (non-hydrogen) atoms. The van der Waals surface area contributed by atoms with Crippen LogP contribution in [0.1, 0.15) is 40.0 Å². The lowest BCUT2D eigenvalue weighted by Crippen LogP contribution is -2.37. The number of likely N-dealkylation sites (N-methyl/N-ethyl adjacent to an activating group) is 1. The predicted molar refractivity (Wildman–Crippen MR) is 67.9 cm³/mol. The molecular weight excluding hydrogens is 262 g/mol. The fraction of sp³-hybridized carbons (Fsp3) is 1.00. The van der Waals surface area contributed by atoms with Gasteiger partial charge < -0.3 is 10.1 Å². The molecule has 0 rings (SSSR count). The minimum absolute atomic E-state index is 0.0360. The molecule has 6 heteroatoms. The monoisotopic (exact) mass is 287 g/mol. The molecule has 0 amide bonds. The van der Waals surface area contributed by atoms with Crippen LogP contribution in [-0.2, 0) is 4.74 Å². The van der Waals surface area contributed by atoms with Crippen LogP contribution in [-0.4, -0.2) is 38.1 Å². The Kier molecular flexibility index (Phi) is 9.35. The number of alkyl halides is 4. The first-order chi connectivity index (χ1) is 8.79. The second-order valence-corrected chi connectivity index (χ2v) is 5.16. The largest absolute Gasteiger partial charge is 0.373 e. The standard InChI is InChI=1S/C13H25F4NO/c1-4-18-11(7-5-6-10(2)3)8-19-9-13(16,17)12(14)15/h10-12,18H,4-9H2,1-3H3. The maximum absolute atomic E-state index is 12.6. The van der Waals surface area contributed by atoms with E-state index in [1.54, 1.807) is 0 Å². The zero-order valence-electron chi connectivity index (χ0n) is 11.9. The summed E-state index contributed by atoms with van der Waals surface area (Å²) in [6.07, 6.45) is -0.864.